The number of ether oxygens (including phenoxy) is 3. The van der Waals surface area contributed by atoms with E-state index in [2.05, 4.69) is 4.74 Å². The van der Waals surface area contributed by atoms with Gasteiger partial charge in [0.25, 0.3) is 0 Å². The number of benzene rings is 1. The first-order chi connectivity index (χ1) is 14.6. The summed E-state index contributed by atoms with van der Waals surface area (Å²) >= 11 is 11.9. The van der Waals surface area contributed by atoms with Gasteiger partial charge in [-0.3, -0.25) is 9.59 Å². The number of halogens is 2. The number of carbonyl (C=O) groups excluding carboxylic acids is 3. The van der Waals surface area contributed by atoms with E-state index < -0.39 is 48.6 Å². The third-order valence-corrected chi connectivity index (χ3v) is 5.49. The van der Waals surface area contributed by atoms with Crippen molar-refractivity contribution in [3.63, 3.8) is 0 Å². The van der Waals surface area contributed by atoms with Crippen LogP contribution in [0.25, 0.3) is 0 Å². The van der Waals surface area contributed by atoms with Gasteiger partial charge in [-0.15, -0.1) is 0 Å². The van der Waals surface area contributed by atoms with Gasteiger partial charge in [-0.25, -0.2) is 9.59 Å². The number of carboxylic acid groups (broad SMARTS) is 1. The molecule has 0 aliphatic carbocycles. The molecule has 9 nitrogen and oxygen atoms in total. The molecule has 0 unspecified atom stereocenters. The van der Waals surface area contributed by atoms with Crippen molar-refractivity contribution in [1.82, 2.24) is 4.90 Å². The molecule has 168 valence electrons. The monoisotopic (exact) mass is 473 g/mol. The summed E-state index contributed by atoms with van der Waals surface area (Å²) < 4.78 is 14.7. The van der Waals surface area contributed by atoms with Crippen molar-refractivity contribution in [2.45, 2.75) is 32.1 Å². The number of likely N-dealkylation sites (tertiary alicyclic amines) is 1. The fourth-order valence-electron chi connectivity index (χ4n) is 3.17. The van der Waals surface area contributed by atoms with Crippen molar-refractivity contribution in [2.24, 2.45) is 5.92 Å². The molecule has 2 rings (SSSR count). The third kappa shape index (κ3) is 6.35. The molecule has 0 bridgehead atoms. The summed E-state index contributed by atoms with van der Waals surface area (Å²) in [5.41, 5.74) is 0.756. The number of amides is 1. The lowest BCUT2D eigenvalue weighted by Crippen LogP contribution is -2.65. The van der Waals surface area contributed by atoms with Gasteiger partial charge in [0.15, 0.2) is 0 Å². The molecule has 1 aliphatic rings. The number of methoxy groups -OCH3 is 1. The molecule has 1 saturated heterocycles. The lowest BCUT2D eigenvalue weighted by atomic mass is 9.81. The van der Waals surface area contributed by atoms with E-state index in [-0.39, 0.29) is 23.1 Å². The van der Waals surface area contributed by atoms with Crippen molar-refractivity contribution < 1.29 is 38.5 Å². The second-order valence-electron chi connectivity index (χ2n) is 6.71. The molecule has 1 aromatic rings. The van der Waals surface area contributed by atoms with Gasteiger partial charge in [-0.05, 0) is 12.5 Å². The van der Waals surface area contributed by atoms with E-state index in [9.17, 15) is 19.2 Å². The quantitative estimate of drug-likeness (QED) is 0.330. The van der Waals surface area contributed by atoms with Crippen molar-refractivity contribution >= 4 is 47.2 Å². The normalized spacial score (nSPS) is 19.6. The molecule has 31 heavy (non-hydrogen) atoms. The molecule has 11 heteroatoms. The lowest BCUT2D eigenvalue weighted by Gasteiger charge is -2.48. The van der Waals surface area contributed by atoms with Gasteiger partial charge in [0.1, 0.15) is 24.3 Å². The molecular weight excluding hydrogens is 453 g/mol. The standard InChI is InChI=1S/C20H21Cl2NO8/c1-11(31-20(28)30-10-12-6-4-3-5-7-12)16-14(23(18(16)26)9-15(24)25)8-13(21)17(22)19(27)29-2/h3-7,11,14,16H,8-10H2,1-2H3,(H,24,25)/b17-13+/t11-,14-,16+/m1/s1. The molecule has 1 fully saturated rings. The van der Waals surface area contributed by atoms with Crippen LogP contribution in [-0.2, 0) is 35.2 Å². The van der Waals surface area contributed by atoms with Crippen LogP contribution in [0, 0.1) is 5.92 Å². The lowest BCUT2D eigenvalue weighted by molar-refractivity contribution is -0.170. The molecule has 0 spiro atoms. The molecular formula is C20H21Cl2NO8. The highest BCUT2D eigenvalue weighted by atomic mass is 35.5. The zero-order valence-electron chi connectivity index (χ0n) is 16.7. The summed E-state index contributed by atoms with van der Waals surface area (Å²) in [6.07, 6.45) is -2.03. The Hall–Kier alpha value is -2.78. The highest BCUT2D eigenvalue weighted by Crippen LogP contribution is 2.37. The fourth-order valence-corrected chi connectivity index (χ4v) is 3.56. The molecule has 0 saturated carbocycles. The number of carboxylic acids is 1. The molecule has 1 aromatic carbocycles. The van der Waals surface area contributed by atoms with Gasteiger partial charge in [0.05, 0.1) is 19.1 Å². The number of β-lactam (4-membered cyclic amide) rings is 1. The SMILES string of the molecule is COC(=O)/C(Cl)=C(\Cl)C[C@@H]1[C@H]([C@@H](C)OC(=O)OCc2ccccc2)C(=O)N1CC(=O)O. The summed E-state index contributed by atoms with van der Waals surface area (Å²) in [4.78, 5) is 48.2. The predicted molar refractivity (Wildman–Crippen MR) is 109 cm³/mol. The van der Waals surface area contributed by atoms with Gasteiger partial charge in [-0.2, -0.15) is 0 Å². The molecule has 0 radical (unpaired) electrons. The van der Waals surface area contributed by atoms with E-state index in [1.54, 1.807) is 24.3 Å². The van der Waals surface area contributed by atoms with Crippen LogP contribution in [0.3, 0.4) is 0 Å². The van der Waals surface area contributed by atoms with Crippen LogP contribution in [-0.4, -0.2) is 59.8 Å². The van der Waals surface area contributed by atoms with Crippen LogP contribution < -0.4 is 0 Å². The predicted octanol–water partition coefficient (Wildman–Crippen LogP) is 2.89. The number of hydrogen-bond acceptors (Lipinski definition) is 7. The summed E-state index contributed by atoms with van der Waals surface area (Å²) in [7, 11) is 1.12. The van der Waals surface area contributed by atoms with Crippen molar-refractivity contribution in [3.8, 4) is 0 Å². The number of carbonyl (C=O) groups is 4. The van der Waals surface area contributed by atoms with E-state index >= 15 is 0 Å². The van der Waals surface area contributed by atoms with Gasteiger partial charge in [-0.1, -0.05) is 53.5 Å². The fraction of sp³-hybridized carbons (Fsp3) is 0.400. The van der Waals surface area contributed by atoms with E-state index in [4.69, 9.17) is 37.8 Å². The minimum Gasteiger partial charge on any atom is -0.480 e. The second-order valence-corrected chi connectivity index (χ2v) is 7.55. The van der Waals surface area contributed by atoms with E-state index in [1.807, 2.05) is 6.07 Å². The Labute approximate surface area is 188 Å². The summed E-state index contributed by atoms with van der Waals surface area (Å²) in [6.45, 7) is 0.894. The van der Waals surface area contributed by atoms with E-state index in [1.165, 1.54) is 6.92 Å². The Morgan fingerprint density at radius 3 is 2.42 bits per heavy atom. The number of nitrogens with zero attached hydrogens (tertiary/aromatic N) is 1. The molecule has 3 atom stereocenters. The zero-order chi connectivity index (χ0) is 23.1. The summed E-state index contributed by atoms with van der Waals surface area (Å²) in [5, 5.41) is 8.57. The van der Waals surface area contributed by atoms with Crippen LogP contribution in [0.5, 0.6) is 0 Å². The maximum Gasteiger partial charge on any atom is 0.508 e. The first-order valence-electron chi connectivity index (χ1n) is 9.17. The van der Waals surface area contributed by atoms with Crippen molar-refractivity contribution in [3.05, 3.63) is 46.0 Å². The van der Waals surface area contributed by atoms with Crippen LogP contribution in [0.2, 0.25) is 0 Å². The Kier molecular flexibility index (Phi) is 8.70. The maximum atomic E-state index is 12.5. The minimum absolute atomic E-state index is 0.0110. The van der Waals surface area contributed by atoms with E-state index in [0.717, 1.165) is 17.6 Å². The number of aliphatic carboxylic acids is 1. The van der Waals surface area contributed by atoms with Gasteiger partial charge in [0.2, 0.25) is 5.91 Å². The maximum absolute atomic E-state index is 12.5. The number of hydrogen-bond donors (Lipinski definition) is 1. The molecule has 0 aromatic heterocycles. The topological polar surface area (TPSA) is 119 Å². The Bertz CT molecular complexity index is 873. The highest BCUT2D eigenvalue weighted by Gasteiger charge is 2.52. The molecule has 1 heterocycles. The minimum atomic E-state index is -1.23. The average Bonchev–Trinajstić information content (AvgIpc) is 2.75. The number of rotatable bonds is 9. The smallest absolute Gasteiger partial charge is 0.480 e. The summed E-state index contributed by atoms with van der Waals surface area (Å²) in [6, 6.07) is 8.18. The van der Waals surface area contributed by atoms with Gasteiger partial charge < -0.3 is 24.2 Å². The first-order valence-corrected chi connectivity index (χ1v) is 9.93. The van der Waals surface area contributed by atoms with Gasteiger partial charge in [0, 0.05) is 11.5 Å². The highest BCUT2D eigenvalue weighted by molar-refractivity contribution is 6.47. The first kappa shape index (κ1) is 24.5. The molecule has 1 N–H and O–H groups in total. The Morgan fingerprint density at radius 1 is 1.19 bits per heavy atom. The van der Waals surface area contributed by atoms with E-state index in [0.29, 0.717) is 0 Å². The molecule has 1 aliphatic heterocycles. The summed E-state index contributed by atoms with van der Waals surface area (Å²) in [5.74, 6) is -3.52. The van der Waals surface area contributed by atoms with Crippen LogP contribution in [0.4, 0.5) is 4.79 Å². The Balaban J connectivity index is 2.06. The van der Waals surface area contributed by atoms with Crippen molar-refractivity contribution in [1.29, 1.82) is 0 Å². The van der Waals surface area contributed by atoms with Crippen LogP contribution in [0.1, 0.15) is 18.9 Å². The Morgan fingerprint density at radius 2 is 1.84 bits per heavy atom. The third-order valence-electron chi connectivity index (χ3n) is 4.67. The largest absolute Gasteiger partial charge is 0.508 e. The zero-order valence-corrected chi connectivity index (χ0v) is 18.3. The second kappa shape index (κ2) is 11.0. The molecule has 1 amide bonds. The van der Waals surface area contributed by atoms with Gasteiger partial charge >= 0.3 is 18.1 Å². The van der Waals surface area contributed by atoms with Crippen LogP contribution >= 0.6 is 23.2 Å². The van der Waals surface area contributed by atoms with Crippen LogP contribution in [0.15, 0.2) is 40.4 Å². The number of esters is 1. The van der Waals surface area contributed by atoms with Crippen molar-refractivity contribution in [2.75, 3.05) is 13.7 Å². The average molecular weight is 474 g/mol.